The monoisotopic (exact) mass is 358 g/mol. The van der Waals surface area contributed by atoms with Gasteiger partial charge in [0.15, 0.2) is 5.69 Å². The second kappa shape index (κ2) is 5.98. The Hall–Kier alpha value is -2.67. The zero-order valence-corrected chi connectivity index (χ0v) is 12.8. The number of halogens is 1. The normalized spacial score (nSPS) is 11.1. The van der Waals surface area contributed by atoms with E-state index in [9.17, 15) is 9.90 Å². The first-order chi connectivity index (χ1) is 10.6. The average molecular weight is 359 g/mol. The molecule has 0 spiro atoms. The SMILES string of the molecule is O=c1[nH][nH]c(-c2ccccc2O)c1N=Nc1cccc(Br)c1. The molecule has 0 radical (unpaired) electrons. The highest BCUT2D eigenvalue weighted by Crippen LogP contribution is 2.32. The van der Waals surface area contributed by atoms with Gasteiger partial charge in [0, 0.05) is 10.0 Å². The molecule has 0 aliphatic heterocycles. The van der Waals surface area contributed by atoms with Crippen molar-refractivity contribution in [2.45, 2.75) is 0 Å². The minimum absolute atomic E-state index is 0.0525. The summed E-state index contributed by atoms with van der Waals surface area (Å²) in [5, 5.41) is 23.2. The maximum atomic E-state index is 11.9. The number of para-hydroxylation sites is 1. The standard InChI is InChI=1S/C15H11BrN4O2/c16-9-4-3-5-10(8-9)17-19-14-13(18-20-15(14)22)11-6-1-2-7-12(11)21/h1-8,21H,(H2,18,20,22). The van der Waals surface area contributed by atoms with Crippen LogP contribution in [0.15, 0.2) is 68.0 Å². The number of aromatic amines is 2. The van der Waals surface area contributed by atoms with Crippen molar-refractivity contribution in [1.82, 2.24) is 10.2 Å². The smallest absolute Gasteiger partial charge is 0.292 e. The lowest BCUT2D eigenvalue weighted by molar-refractivity contribution is 0.477. The highest BCUT2D eigenvalue weighted by molar-refractivity contribution is 9.10. The number of rotatable bonds is 3. The molecule has 2 aromatic carbocycles. The molecule has 0 saturated heterocycles. The maximum absolute atomic E-state index is 11.9. The zero-order valence-electron chi connectivity index (χ0n) is 11.2. The second-order valence-corrected chi connectivity index (χ2v) is 5.42. The first-order valence-corrected chi connectivity index (χ1v) is 7.21. The summed E-state index contributed by atoms with van der Waals surface area (Å²) in [4.78, 5) is 11.9. The van der Waals surface area contributed by atoms with Crippen LogP contribution >= 0.6 is 15.9 Å². The minimum Gasteiger partial charge on any atom is -0.507 e. The molecule has 7 heteroatoms. The fourth-order valence-corrected chi connectivity index (χ4v) is 2.36. The predicted octanol–water partition coefficient (Wildman–Crippen LogP) is 4.25. The van der Waals surface area contributed by atoms with Crippen molar-refractivity contribution in [3.05, 3.63) is 63.4 Å². The van der Waals surface area contributed by atoms with E-state index in [0.717, 1.165) is 4.47 Å². The third-order valence-corrected chi connectivity index (χ3v) is 3.49. The third kappa shape index (κ3) is 2.84. The Morgan fingerprint density at radius 2 is 1.82 bits per heavy atom. The van der Waals surface area contributed by atoms with Crippen LogP contribution in [0.1, 0.15) is 0 Å². The number of aromatic nitrogens is 2. The number of azo groups is 1. The van der Waals surface area contributed by atoms with E-state index < -0.39 is 5.56 Å². The van der Waals surface area contributed by atoms with Crippen molar-refractivity contribution < 1.29 is 5.11 Å². The topological polar surface area (TPSA) is 93.6 Å². The molecule has 3 rings (SSSR count). The highest BCUT2D eigenvalue weighted by Gasteiger charge is 2.14. The number of phenols is 1. The van der Waals surface area contributed by atoms with Gasteiger partial charge in [-0.1, -0.05) is 34.1 Å². The molecular weight excluding hydrogens is 348 g/mol. The van der Waals surface area contributed by atoms with Gasteiger partial charge in [-0.3, -0.25) is 15.0 Å². The van der Waals surface area contributed by atoms with Crippen LogP contribution in [-0.2, 0) is 0 Å². The number of phenolic OH excluding ortho intramolecular Hbond substituents is 1. The van der Waals surface area contributed by atoms with E-state index in [0.29, 0.717) is 16.9 Å². The Morgan fingerprint density at radius 1 is 1.00 bits per heavy atom. The third-order valence-electron chi connectivity index (χ3n) is 3.00. The van der Waals surface area contributed by atoms with Gasteiger partial charge in [0.25, 0.3) is 5.56 Å². The lowest BCUT2D eigenvalue weighted by atomic mass is 10.1. The molecule has 0 aliphatic rings. The van der Waals surface area contributed by atoms with E-state index in [2.05, 4.69) is 36.4 Å². The van der Waals surface area contributed by atoms with E-state index >= 15 is 0 Å². The van der Waals surface area contributed by atoms with Gasteiger partial charge in [-0.15, -0.1) is 5.11 Å². The van der Waals surface area contributed by atoms with Crippen molar-refractivity contribution in [1.29, 1.82) is 0 Å². The van der Waals surface area contributed by atoms with Crippen LogP contribution in [-0.4, -0.2) is 15.3 Å². The molecule has 110 valence electrons. The van der Waals surface area contributed by atoms with E-state index in [-0.39, 0.29) is 11.4 Å². The molecule has 0 atom stereocenters. The fraction of sp³-hybridized carbons (Fsp3) is 0. The molecule has 0 amide bonds. The fourth-order valence-electron chi connectivity index (χ4n) is 1.97. The van der Waals surface area contributed by atoms with Crippen LogP contribution in [0.5, 0.6) is 5.75 Å². The Kier molecular flexibility index (Phi) is 3.88. The van der Waals surface area contributed by atoms with Crippen LogP contribution in [0.2, 0.25) is 0 Å². The molecule has 6 nitrogen and oxygen atoms in total. The second-order valence-electron chi connectivity index (χ2n) is 4.50. The molecule has 3 N–H and O–H groups in total. The van der Waals surface area contributed by atoms with Crippen molar-refractivity contribution in [3.63, 3.8) is 0 Å². The van der Waals surface area contributed by atoms with E-state index in [4.69, 9.17) is 0 Å². The molecule has 0 aliphatic carbocycles. The number of benzene rings is 2. The molecule has 0 saturated carbocycles. The minimum atomic E-state index is -0.406. The molecule has 0 unspecified atom stereocenters. The molecule has 22 heavy (non-hydrogen) atoms. The molecule has 1 heterocycles. The van der Waals surface area contributed by atoms with Gasteiger partial charge >= 0.3 is 0 Å². The van der Waals surface area contributed by atoms with Crippen molar-refractivity contribution >= 4 is 27.3 Å². The lowest BCUT2D eigenvalue weighted by Crippen LogP contribution is -1.96. The van der Waals surface area contributed by atoms with Crippen molar-refractivity contribution in [2.24, 2.45) is 10.2 Å². The highest BCUT2D eigenvalue weighted by atomic mass is 79.9. The van der Waals surface area contributed by atoms with Crippen LogP contribution < -0.4 is 5.56 Å². The Bertz CT molecular complexity index is 898. The number of aromatic hydroxyl groups is 1. The van der Waals surface area contributed by atoms with Crippen LogP contribution in [0.3, 0.4) is 0 Å². The molecule has 3 aromatic rings. The van der Waals surface area contributed by atoms with Gasteiger partial charge in [-0.25, -0.2) is 0 Å². The summed E-state index contributed by atoms with van der Waals surface area (Å²) in [6.07, 6.45) is 0. The largest absolute Gasteiger partial charge is 0.507 e. The summed E-state index contributed by atoms with van der Waals surface area (Å²) >= 11 is 3.35. The van der Waals surface area contributed by atoms with Crippen LogP contribution in [0, 0.1) is 0 Å². The summed E-state index contributed by atoms with van der Waals surface area (Å²) in [6.45, 7) is 0. The summed E-state index contributed by atoms with van der Waals surface area (Å²) in [7, 11) is 0. The maximum Gasteiger partial charge on any atom is 0.292 e. The summed E-state index contributed by atoms with van der Waals surface area (Å²) < 4.78 is 0.868. The van der Waals surface area contributed by atoms with Gasteiger partial charge in [-0.2, -0.15) is 5.11 Å². The molecule has 1 aromatic heterocycles. The summed E-state index contributed by atoms with van der Waals surface area (Å²) in [5.74, 6) is 0.0525. The number of nitrogens with zero attached hydrogens (tertiary/aromatic N) is 2. The Morgan fingerprint density at radius 3 is 2.59 bits per heavy atom. The molecular formula is C15H11BrN4O2. The van der Waals surface area contributed by atoms with Gasteiger partial charge in [0.2, 0.25) is 0 Å². The van der Waals surface area contributed by atoms with Gasteiger partial charge in [0.05, 0.1) is 11.4 Å². The van der Waals surface area contributed by atoms with Gasteiger partial charge in [0.1, 0.15) is 5.75 Å². The number of hydrogen-bond donors (Lipinski definition) is 3. The first kappa shape index (κ1) is 14.3. The zero-order chi connectivity index (χ0) is 15.5. The van der Waals surface area contributed by atoms with E-state index in [1.807, 2.05) is 12.1 Å². The summed E-state index contributed by atoms with van der Waals surface area (Å²) in [6, 6.07) is 13.9. The van der Waals surface area contributed by atoms with Crippen LogP contribution in [0.4, 0.5) is 11.4 Å². The number of hydrogen-bond acceptors (Lipinski definition) is 4. The van der Waals surface area contributed by atoms with Crippen molar-refractivity contribution in [3.8, 4) is 17.0 Å². The lowest BCUT2D eigenvalue weighted by Gasteiger charge is -2.01. The van der Waals surface area contributed by atoms with E-state index in [1.165, 1.54) is 6.07 Å². The predicted molar refractivity (Wildman–Crippen MR) is 86.8 cm³/mol. The average Bonchev–Trinajstić information content (AvgIpc) is 2.87. The first-order valence-electron chi connectivity index (χ1n) is 6.41. The number of nitrogens with one attached hydrogen (secondary N) is 2. The molecule has 0 bridgehead atoms. The Balaban J connectivity index is 2.04. The van der Waals surface area contributed by atoms with Crippen molar-refractivity contribution in [2.75, 3.05) is 0 Å². The van der Waals surface area contributed by atoms with Crippen LogP contribution in [0.25, 0.3) is 11.3 Å². The summed E-state index contributed by atoms with van der Waals surface area (Å²) in [5.41, 5.74) is 1.18. The quantitative estimate of drug-likeness (QED) is 0.610. The Labute approximate surface area is 133 Å². The van der Waals surface area contributed by atoms with Gasteiger partial charge in [-0.05, 0) is 30.3 Å². The molecule has 0 fully saturated rings. The van der Waals surface area contributed by atoms with E-state index in [1.54, 1.807) is 30.3 Å². The van der Waals surface area contributed by atoms with Gasteiger partial charge < -0.3 is 5.11 Å². The number of H-pyrrole nitrogens is 2.